The molecule has 1 aromatic carbocycles. The second-order valence-electron chi connectivity index (χ2n) is 7.49. The van der Waals surface area contributed by atoms with Crippen molar-refractivity contribution in [2.24, 2.45) is 5.92 Å². The molecule has 1 saturated carbocycles. The maximum Gasteiger partial charge on any atom is 0.253 e. The quantitative estimate of drug-likeness (QED) is 0.685. The molecule has 2 aliphatic rings. The van der Waals surface area contributed by atoms with Crippen LogP contribution in [-0.4, -0.2) is 50.2 Å². The molecule has 0 spiro atoms. The van der Waals surface area contributed by atoms with Crippen molar-refractivity contribution in [3.8, 4) is 11.5 Å². The Morgan fingerprint density at radius 2 is 1.96 bits per heavy atom. The summed E-state index contributed by atoms with van der Waals surface area (Å²) < 4.78 is 11.2. The van der Waals surface area contributed by atoms with E-state index in [0.717, 1.165) is 51.2 Å². The third-order valence-electron chi connectivity index (χ3n) is 5.34. The summed E-state index contributed by atoms with van der Waals surface area (Å²) in [5.41, 5.74) is 0.675. The lowest BCUT2D eigenvalue weighted by molar-refractivity contribution is 0.0704. The monoisotopic (exact) mass is 360 g/mol. The van der Waals surface area contributed by atoms with Crippen LogP contribution in [0.15, 0.2) is 18.2 Å². The molecule has 1 amide bonds. The minimum Gasteiger partial charge on any atom is -0.493 e. The first-order valence-electron chi connectivity index (χ1n) is 10.0. The predicted molar refractivity (Wildman–Crippen MR) is 103 cm³/mol. The molecular formula is C21H32N2O3. The van der Waals surface area contributed by atoms with Crippen molar-refractivity contribution in [1.82, 2.24) is 10.2 Å². The number of hydrogen-bond donors (Lipinski definition) is 1. The molecule has 0 aromatic heterocycles. The van der Waals surface area contributed by atoms with Crippen molar-refractivity contribution in [3.63, 3.8) is 0 Å². The molecule has 0 radical (unpaired) electrons. The Kier molecular flexibility index (Phi) is 6.78. The van der Waals surface area contributed by atoms with Crippen LogP contribution >= 0.6 is 0 Å². The van der Waals surface area contributed by atoms with E-state index < -0.39 is 0 Å². The Balaban J connectivity index is 1.53. The molecular weight excluding hydrogens is 328 g/mol. The summed E-state index contributed by atoms with van der Waals surface area (Å²) in [6.45, 7) is 5.58. The molecule has 1 aromatic rings. The number of piperidine rings is 1. The van der Waals surface area contributed by atoms with Gasteiger partial charge in [0, 0.05) is 24.7 Å². The molecule has 5 nitrogen and oxygen atoms in total. The largest absolute Gasteiger partial charge is 0.493 e. The molecule has 1 aliphatic heterocycles. The van der Waals surface area contributed by atoms with Gasteiger partial charge in [-0.2, -0.15) is 0 Å². The van der Waals surface area contributed by atoms with E-state index in [1.807, 2.05) is 17.0 Å². The van der Waals surface area contributed by atoms with Crippen molar-refractivity contribution in [2.45, 2.75) is 51.5 Å². The van der Waals surface area contributed by atoms with Gasteiger partial charge in [0.2, 0.25) is 0 Å². The highest BCUT2D eigenvalue weighted by molar-refractivity contribution is 5.95. The molecule has 0 bridgehead atoms. The topological polar surface area (TPSA) is 50.8 Å². The normalized spacial score (nSPS) is 18.0. The molecule has 2 fully saturated rings. The van der Waals surface area contributed by atoms with Gasteiger partial charge in [0.05, 0.1) is 13.7 Å². The summed E-state index contributed by atoms with van der Waals surface area (Å²) >= 11 is 0. The van der Waals surface area contributed by atoms with E-state index in [0.29, 0.717) is 29.7 Å². The first kappa shape index (κ1) is 19.0. The van der Waals surface area contributed by atoms with Gasteiger partial charge >= 0.3 is 0 Å². The average molecular weight is 360 g/mol. The molecule has 26 heavy (non-hydrogen) atoms. The van der Waals surface area contributed by atoms with Crippen molar-refractivity contribution >= 4 is 5.91 Å². The van der Waals surface area contributed by atoms with E-state index in [1.165, 1.54) is 12.8 Å². The van der Waals surface area contributed by atoms with E-state index in [-0.39, 0.29) is 5.91 Å². The zero-order chi connectivity index (χ0) is 18.4. The van der Waals surface area contributed by atoms with E-state index in [9.17, 15) is 4.79 Å². The first-order chi connectivity index (χ1) is 12.7. The Morgan fingerprint density at radius 3 is 2.62 bits per heavy atom. The number of nitrogens with one attached hydrogen (secondary N) is 1. The smallest absolute Gasteiger partial charge is 0.253 e. The molecule has 144 valence electrons. The second-order valence-corrected chi connectivity index (χ2v) is 7.49. The number of rotatable bonds is 9. The Labute approximate surface area is 157 Å². The standard InChI is InChI=1S/C21H32N2O3/c1-3-4-13-26-19-8-7-17(14-20(19)25-2)21(24)23-11-9-18(10-12-23)22-15-16-5-6-16/h7-8,14,16,18,22H,3-6,9-13,15H2,1-2H3. The molecule has 5 heteroatoms. The summed E-state index contributed by atoms with van der Waals surface area (Å²) in [7, 11) is 1.62. The zero-order valence-corrected chi connectivity index (χ0v) is 16.1. The van der Waals surface area contributed by atoms with Gasteiger partial charge < -0.3 is 19.7 Å². The van der Waals surface area contributed by atoms with Gasteiger partial charge in [-0.15, -0.1) is 0 Å². The fourth-order valence-corrected chi connectivity index (χ4v) is 3.37. The van der Waals surface area contributed by atoms with E-state index >= 15 is 0 Å². The van der Waals surface area contributed by atoms with Crippen molar-refractivity contribution in [3.05, 3.63) is 23.8 Å². The Bertz CT molecular complexity index is 593. The maximum absolute atomic E-state index is 12.8. The molecule has 1 aliphatic carbocycles. The highest BCUT2D eigenvalue weighted by Crippen LogP contribution is 2.30. The fraction of sp³-hybridized carbons (Fsp3) is 0.667. The van der Waals surface area contributed by atoms with Gasteiger partial charge in [0.25, 0.3) is 5.91 Å². The lowest BCUT2D eigenvalue weighted by atomic mass is 10.0. The van der Waals surface area contributed by atoms with E-state index in [2.05, 4.69) is 12.2 Å². The number of carbonyl (C=O) groups is 1. The van der Waals surface area contributed by atoms with Crippen LogP contribution in [0, 0.1) is 5.92 Å². The summed E-state index contributed by atoms with van der Waals surface area (Å²) in [6, 6.07) is 6.07. The van der Waals surface area contributed by atoms with Crippen molar-refractivity contribution in [1.29, 1.82) is 0 Å². The third kappa shape index (κ3) is 5.13. The van der Waals surface area contributed by atoms with Crippen molar-refractivity contribution in [2.75, 3.05) is 33.4 Å². The van der Waals surface area contributed by atoms with Crippen LogP contribution in [0.1, 0.15) is 55.8 Å². The van der Waals surface area contributed by atoms with Gasteiger partial charge in [-0.3, -0.25) is 4.79 Å². The highest BCUT2D eigenvalue weighted by Gasteiger charge is 2.26. The summed E-state index contributed by atoms with van der Waals surface area (Å²) in [5, 5.41) is 3.66. The first-order valence-corrected chi connectivity index (χ1v) is 10.0. The second kappa shape index (κ2) is 9.26. The van der Waals surface area contributed by atoms with Gasteiger partial charge in [0.15, 0.2) is 11.5 Å². The molecule has 0 unspecified atom stereocenters. The van der Waals surface area contributed by atoms with Crippen molar-refractivity contribution < 1.29 is 14.3 Å². The number of nitrogens with zero attached hydrogens (tertiary/aromatic N) is 1. The van der Waals surface area contributed by atoms with Crippen LogP contribution in [0.2, 0.25) is 0 Å². The minimum atomic E-state index is 0.0871. The fourth-order valence-electron chi connectivity index (χ4n) is 3.37. The lowest BCUT2D eigenvalue weighted by Crippen LogP contribution is -2.45. The molecule has 1 saturated heterocycles. The van der Waals surface area contributed by atoms with Gasteiger partial charge in [-0.1, -0.05) is 13.3 Å². The Morgan fingerprint density at radius 1 is 1.19 bits per heavy atom. The molecule has 1 heterocycles. The van der Waals surface area contributed by atoms with Crippen LogP contribution in [0.3, 0.4) is 0 Å². The molecule has 1 N–H and O–H groups in total. The molecule has 0 atom stereocenters. The van der Waals surface area contributed by atoms with Crippen LogP contribution in [0.25, 0.3) is 0 Å². The van der Waals surface area contributed by atoms with Crippen LogP contribution in [0.4, 0.5) is 0 Å². The highest BCUT2D eigenvalue weighted by atomic mass is 16.5. The summed E-state index contributed by atoms with van der Waals surface area (Å²) in [5.74, 6) is 2.33. The molecule has 3 rings (SSSR count). The number of benzene rings is 1. The Hall–Kier alpha value is -1.75. The van der Waals surface area contributed by atoms with E-state index in [1.54, 1.807) is 13.2 Å². The maximum atomic E-state index is 12.8. The number of methoxy groups -OCH3 is 1. The van der Waals surface area contributed by atoms with E-state index in [4.69, 9.17) is 9.47 Å². The van der Waals surface area contributed by atoms with Crippen LogP contribution < -0.4 is 14.8 Å². The van der Waals surface area contributed by atoms with Crippen LogP contribution in [-0.2, 0) is 0 Å². The lowest BCUT2D eigenvalue weighted by Gasteiger charge is -2.32. The van der Waals surface area contributed by atoms with Gasteiger partial charge in [-0.25, -0.2) is 0 Å². The summed E-state index contributed by atoms with van der Waals surface area (Å²) in [6.07, 6.45) is 6.92. The summed E-state index contributed by atoms with van der Waals surface area (Å²) in [4.78, 5) is 14.8. The third-order valence-corrected chi connectivity index (χ3v) is 5.34. The van der Waals surface area contributed by atoms with Gasteiger partial charge in [-0.05, 0) is 62.8 Å². The number of unbranched alkanes of at least 4 members (excludes halogenated alkanes) is 1. The minimum absolute atomic E-state index is 0.0871. The number of carbonyl (C=O) groups excluding carboxylic acids is 1. The average Bonchev–Trinajstić information content (AvgIpc) is 3.51. The number of hydrogen-bond acceptors (Lipinski definition) is 4. The van der Waals surface area contributed by atoms with Gasteiger partial charge in [0.1, 0.15) is 0 Å². The number of likely N-dealkylation sites (tertiary alicyclic amines) is 1. The van der Waals surface area contributed by atoms with Crippen LogP contribution in [0.5, 0.6) is 11.5 Å². The predicted octanol–water partition coefficient (Wildman–Crippen LogP) is 3.48. The SMILES string of the molecule is CCCCOc1ccc(C(=O)N2CCC(NCC3CC3)CC2)cc1OC. The number of amides is 1. The number of ether oxygens (including phenoxy) is 2. The zero-order valence-electron chi connectivity index (χ0n) is 16.1.